The number of rotatable bonds is 8. The van der Waals surface area contributed by atoms with Gasteiger partial charge in [0.05, 0.1) is 11.3 Å². The molecule has 0 saturated heterocycles. The Kier molecular flexibility index (Phi) is 8.07. The molecule has 0 aliphatic carbocycles. The lowest BCUT2D eigenvalue weighted by Crippen LogP contribution is -2.23. The molecular weight excluding hydrogens is 376 g/mol. The van der Waals surface area contributed by atoms with E-state index in [-0.39, 0.29) is 18.3 Å². The van der Waals surface area contributed by atoms with Crippen LogP contribution in [0, 0.1) is 0 Å². The van der Waals surface area contributed by atoms with E-state index in [9.17, 15) is 14.4 Å². The number of benzene rings is 2. The van der Waals surface area contributed by atoms with Crippen LogP contribution in [0.25, 0.3) is 0 Å². The number of ether oxygens (including phenoxy) is 1. The minimum absolute atomic E-state index is 0.0538. The highest BCUT2D eigenvalue weighted by Crippen LogP contribution is 2.23. The van der Waals surface area contributed by atoms with Gasteiger partial charge in [-0.1, -0.05) is 31.2 Å². The molecule has 7 heteroatoms. The molecule has 0 spiro atoms. The lowest BCUT2D eigenvalue weighted by Gasteiger charge is -2.12. The van der Waals surface area contributed by atoms with Gasteiger partial charge in [-0.05, 0) is 36.2 Å². The van der Waals surface area contributed by atoms with Crippen molar-refractivity contribution in [3.63, 3.8) is 0 Å². The van der Waals surface area contributed by atoms with E-state index in [4.69, 9.17) is 4.74 Å². The minimum atomic E-state index is -0.599. The van der Waals surface area contributed by atoms with Crippen molar-refractivity contribution in [1.29, 1.82) is 0 Å². The first-order valence-corrected chi connectivity index (χ1v) is 9.87. The van der Waals surface area contributed by atoms with Gasteiger partial charge in [-0.2, -0.15) is 0 Å². The maximum atomic E-state index is 12.4. The molecule has 0 aliphatic rings. The Morgan fingerprint density at radius 2 is 1.82 bits per heavy atom. The molecule has 0 bridgehead atoms. The van der Waals surface area contributed by atoms with Crippen LogP contribution in [0.5, 0.6) is 0 Å². The summed E-state index contributed by atoms with van der Waals surface area (Å²) in [6.07, 6.45) is 0.865. The Bertz CT molecular complexity index is 852. The van der Waals surface area contributed by atoms with Crippen molar-refractivity contribution in [2.75, 3.05) is 31.8 Å². The Morgan fingerprint density at radius 3 is 2.54 bits per heavy atom. The molecular formula is C21H24N2O4S. The van der Waals surface area contributed by atoms with Crippen LogP contribution in [0.15, 0.2) is 53.4 Å². The highest BCUT2D eigenvalue weighted by molar-refractivity contribution is 8.00. The Labute approximate surface area is 169 Å². The van der Waals surface area contributed by atoms with Gasteiger partial charge in [-0.3, -0.25) is 9.59 Å². The Hall–Kier alpha value is -2.80. The van der Waals surface area contributed by atoms with Gasteiger partial charge in [0, 0.05) is 24.7 Å². The first kappa shape index (κ1) is 21.5. The van der Waals surface area contributed by atoms with Crippen molar-refractivity contribution >= 4 is 35.2 Å². The summed E-state index contributed by atoms with van der Waals surface area (Å²) >= 11 is 1.26. The molecule has 0 fully saturated rings. The molecule has 0 aliphatic heterocycles. The third kappa shape index (κ3) is 6.42. The first-order chi connectivity index (χ1) is 13.4. The molecule has 6 nitrogen and oxygen atoms in total. The van der Waals surface area contributed by atoms with E-state index in [0.717, 1.165) is 12.0 Å². The number of hydrogen-bond donors (Lipinski definition) is 1. The van der Waals surface area contributed by atoms with Crippen molar-refractivity contribution in [1.82, 2.24) is 4.90 Å². The Balaban J connectivity index is 1.93. The zero-order chi connectivity index (χ0) is 20.5. The smallest absolute Gasteiger partial charge is 0.339 e. The average molecular weight is 401 g/mol. The second-order valence-corrected chi connectivity index (χ2v) is 7.27. The zero-order valence-corrected chi connectivity index (χ0v) is 17.0. The van der Waals surface area contributed by atoms with Crippen LogP contribution < -0.4 is 5.32 Å². The third-order valence-corrected chi connectivity index (χ3v) is 4.97. The van der Waals surface area contributed by atoms with Crippen molar-refractivity contribution < 1.29 is 19.1 Å². The number of esters is 1. The van der Waals surface area contributed by atoms with Gasteiger partial charge in [0.15, 0.2) is 6.61 Å². The van der Waals surface area contributed by atoms with Gasteiger partial charge < -0.3 is 15.0 Å². The van der Waals surface area contributed by atoms with Crippen molar-refractivity contribution in [3.8, 4) is 0 Å². The van der Waals surface area contributed by atoms with E-state index in [1.54, 1.807) is 44.4 Å². The molecule has 0 aromatic heterocycles. The van der Waals surface area contributed by atoms with Crippen LogP contribution in [0.2, 0.25) is 0 Å². The van der Waals surface area contributed by atoms with E-state index in [1.165, 1.54) is 16.7 Å². The predicted molar refractivity (Wildman–Crippen MR) is 111 cm³/mol. The molecule has 0 radical (unpaired) electrons. The van der Waals surface area contributed by atoms with Gasteiger partial charge in [-0.25, -0.2) is 4.79 Å². The molecule has 1 N–H and O–H groups in total. The van der Waals surface area contributed by atoms with E-state index in [0.29, 0.717) is 16.1 Å². The van der Waals surface area contributed by atoms with E-state index < -0.39 is 11.9 Å². The summed E-state index contributed by atoms with van der Waals surface area (Å²) in [6, 6.07) is 14.4. The second kappa shape index (κ2) is 10.5. The quantitative estimate of drug-likeness (QED) is 0.544. The molecule has 2 aromatic carbocycles. The van der Waals surface area contributed by atoms with Gasteiger partial charge >= 0.3 is 5.97 Å². The second-order valence-electron chi connectivity index (χ2n) is 6.25. The molecule has 0 saturated carbocycles. The molecule has 2 amide bonds. The van der Waals surface area contributed by atoms with E-state index >= 15 is 0 Å². The number of thioether (sulfide) groups is 1. The largest absolute Gasteiger partial charge is 0.452 e. The lowest BCUT2D eigenvalue weighted by atomic mass is 10.1. The van der Waals surface area contributed by atoms with Crippen LogP contribution in [0.4, 0.5) is 5.69 Å². The summed E-state index contributed by atoms with van der Waals surface area (Å²) in [4.78, 5) is 38.4. The zero-order valence-electron chi connectivity index (χ0n) is 16.2. The van der Waals surface area contributed by atoms with Crippen LogP contribution in [0.1, 0.15) is 22.8 Å². The normalized spacial score (nSPS) is 10.2. The number of nitrogens with one attached hydrogen (secondary N) is 1. The summed E-state index contributed by atoms with van der Waals surface area (Å²) in [5.41, 5.74) is 2.10. The fourth-order valence-corrected chi connectivity index (χ4v) is 3.32. The Morgan fingerprint density at radius 1 is 1.07 bits per heavy atom. The number of anilines is 1. The van der Waals surface area contributed by atoms with E-state index in [2.05, 4.69) is 5.32 Å². The number of hydrogen-bond acceptors (Lipinski definition) is 5. The fraction of sp³-hybridized carbons (Fsp3) is 0.286. The standard InChI is InChI=1S/C21H24N2O4S/c1-4-15-8-7-9-16(12-15)22-19(24)13-27-21(26)17-10-5-6-11-18(17)28-14-20(25)23(2)3/h5-12H,4,13-14H2,1-3H3,(H,22,24). The summed E-state index contributed by atoms with van der Waals surface area (Å²) in [7, 11) is 3.36. The highest BCUT2D eigenvalue weighted by Gasteiger charge is 2.16. The first-order valence-electron chi connectivity index (χ1n) is 8.88. The SMILES string of the molecule is CCc1cccc(NC(=O)COC(=O)c2ccccc2SCC(=O)N(C)C)c1. The van der Waals surface area contributed by atoms with Gasteiger partial charge in [0.2, 0.25) is 5.91 Å². The maximum absolute atomic E-state index is 12.4. The van der Waals surface area contributed by atoms with Gasteiger partial charge in [0.1, 0.15) is 0 Å². The van der Waals surface area contributed by atoms with Crippen LogP contribution >= 0.6 is 11.8 Å². The molecule has 0 heterocycles. The van der Waals surface area contributed by atoms with Crippen molar-refractivity contribution in [2.45, 2.75) is 18.2 Å². The molecule has 2 aromatic rings. The predicted octanol–water partition coefficient (Wildman–Crippen LogP) is 3.22. The molecule has 2 rings (SSSR count). The lowest BCUT2D eigenvalue weighted by molar-refractivity contribution is -0.125. The summed E-state index contributed by atoms with van der Waals surface area (Å²) in [5.74, 6) is -0.847. The fourth-order valence-electron chi connectivity index (χ4n) is 2.30. The summed E-state index contributed by atoms with van der Waals surface area (Å²) in [5, 5.41) is 2.72. The van der Waals surface area contributed by atoms with Crippen LogP contribution in [-0.2, 0) is 20.7 Å². The third-order valence-electron chi connectivity index (χ3n) is 3.91. The molecule has 148 valence electrons. The summed E-state index contributed by atoms with van der Waals surface area (Å²) < 4.78 is 5.15. The maximum Gasteiger partial charge on any atom is 0.339 e. The summed E-state index contributed by atoms with van der Waals surface area (Å²) in [6.45, 7) is 1.65. The molecule has 0 unspecified atom stereocenters. The number of carbonyl (C=O) groups excluding carboxylic acids is 3. The van der Waals surface area contributed by atoms with Crippen molar-refractivity contribution in [2.24, 2.45) is 0 Å². The van der Waals surface area contributed by atoms with Crippen LogP contribution in [0.3, 0.4) is 0 Å². The monoisotopic (exact) mass is 400 g/mol. The number of nitrogens with zero attached hydrogens (tertiary/aromatic N) is 1. The van der Waals surface area contributed by atoms with Gasteiger partial charge in [0.25, 0.3) is 5.91 Å². The average Bonchev–Trinajstić information content (AvgIpc) is 2.70. The van der Waals surface area contributed by atoms with E-state index in [1.807, 2.05) is 25.1 Å². The minimum Gasteiger partial charge on any atom is -0.452 e. The molecule has 28 heavy (non-hydrogen) atoms. The molecule has 0 atom stereocenters. The topological polar surface area (TPSA) is 75.7 Å². The van der Waals surface area contributed by atoms with Crippen LogP contribution in [-0.4, -0.2) is 49.1 Å². The number of carbonyl (C=O) groups is 3. The van der Waals surface area contributed by atoms with Crippen molar-refractivity contribution in [3.05, 3.63) is 59.7 Å². The number of amides is 2. The highest BCUT2D eigenvalue weighted by atomic mass is 32.2. The van der Waals surface area contributed by atoms with Gasteiger partial charge in [-0.15, -0.1) is 11.8 Å². The number of aryl methyl sites for hydroxylation is 1.